The molecule has 0 bridgehead atoms. The molecular weight excluding hydrogens is 457 g/mol. The lowest BCUT2D eigenvalue weighted by molar-refractivity contribution is 0.0420. The SMILES string of the molecule is CN=C(NCCCOC1CCOC1)NCc1cccc(OCC(C)C)c1.I. The summed E-state index contributed by atoms with van der Waals surface area (Å²) in [6.45, 7) is 8.85. The Morgan fingerprint density at radius 3 is 2.89 bits per heavy atom. The first-order chi connectivity index (χ1) is 12.7. The van der Waals surface area contributed by atoms with Gasteiger partial charge in [0.05, 0.1) is 19.3 Å². The molecule has 1 saturated heterocycles. The van der Waals surface area contributed by atoms with Crippen LogP contribution in [0.1, 0.15) is 32.3 Å². The van der Waals surface area contributed by atoms with Crippen LogP contribution in [0.15, 0.2) is 29.3 Å². The number of nitrogens with zero attached hydrogens (tertiary/aromatic N) is 1. The van der Waals surface area contributed by atoms with Crippen molar-refractivity contribution in [1.29, 1.82) is 0 Å². The molecule has 6 nitrogen and oxygen atoms in total. The molecule has 1 aliphatic rings. The van der Waals surface area contributed by atoms with Gasteiger partial charge in [0, 0.05) is 33.4 Å². The van der Waals surface area contributed by atoms with Gasteiger partial charge in [-0.2, -0.15) is 0 Å². The Kier molecular flexibility index (Phi) is 12.4. The maximum absolute atomic E-state index is 5.78. The second-order valence-corrected chi connectivity index (χ2v) is 6.91. The summed E-state index contributed by atoms with van der Waals surface area (Å²) in [5, 5.41) is 6.65. The van der Waals surface area contributed by atoms with Gasteiger partial charge in [-0.1, -0.05) is 26.0 Å². The van der Waals surface area contributed by atoms with Crippen molar-refractivity contribution >= 4 is 29.9 Å². The first-order valence-corrected chi connectivity index (χ1v) is 9.53. The summed E-state index contributed by atoms with van der Waals surface area (Å²) in [5.74, 6) is 2.22. The molecule has 0 radical (unpaired) electrons. The molecule has 1 aromatic carbocycles. The smallest absolute Gasteiger partial charge is 0.191 e. The lowest BCUT2D eigenvalue weighted by atomic mass is 10.2. The van der Waals surface area contributed by atoms with Gasteiger partial charge in [-0.3, -0.25) is 4.99 Å². The van der Waals surface area contributed by atoms with E-state index in [0.717, 1.165) is 57.5 Å². The van der Waals surface area contributed by atoms with Crippen molar-refractivity contribution < 1.29 is 14.2 Å². The van der Waals surface area contributed by atoms with Crippen LogP contribution in [0.25, 0.3) is 0 Å². The molecule has 2 rings (SSSR count). The number of guanidine groups is 1. The predicted molar refractivity (Wildman–Crippen MR) is 120 cm³/mol. The molecule has 154 valence electrons. The van der Waals surface area contributed by atoms with E-state index in [9.17, 15) is 0 Å². The normalized spacial score (nSPS) is 16.9. The fourth-order valence-electron chi connectivity index (χ4n) is 2.59. The van der Waals surface area contributed by atoms with Crippen molar-refractivity contribution in [3.05, 3.63) is 29.8 Å². The average molecular weight is 491 g/mol. The van der Waals surface area contributed by atoms with Crippen LogP contribution in [-0.4, -0.2) is 52.1 Å². The molecular formula is C20H34IN3O3. The van der Waals surface area contributed by atoms with Gasteiger partial charge in [0.2, 0.25) is 0 Å². The molecule has 0 spiro atoms. The monoisotopic (exact) mass is 491 g/mol. The third-order valence-electron chi connectivity index (χ3n) is 4.02. The van der Waals surface area contributed by atoms with Crippen molar-refractivity contribution in [3.8, 4) is 5.75 Å². The third-order valence-corrected chi connectivity index (χ3v) is 4.02. The molecule has 1 aromatic rings. The fraction of sp³-hybridized carbons (Fsp3) is 0.650. The highest BCUT2D eigenvalue weighted by atomic mass is 127. The number of hydrogen-bond donors (Lipinski definition) is 2. The molecule has 1 atom stereocenters. The summed E-state index contributed by atoms with van der Waals surface area (Å²) in [4.78, 5) is 4.26. The highest BCUT2D eigenvalue weighted by Crippen LogP contribution is 2.14. The summed E-state index contributed by atoms with van der Waals surface area (Å²) in [6.07, 6.45) is 2.23. The Hall–Kier alpha value is -1.06. The van der Waals surface area contributed by atoms with Crippen LogP contribution in [0, 0.1) is 5.92 Å². The van der Waals surface area contributed by atoms with Crippen LogP contribution in [0.2, 0.25) is 0 Å². The first-order valence-electron chi connectivity index (χ1n) is 9.53. The molecule has 0 aliphatic carbocycles. The van der Waals surface area contributed by atoms with Crippen LogP contribution < -0.4 is 15.4 Å². The summed E-state index contributed by atoms with van der Waals surface area (Å²) < 4.78 is 16.8. The summed E-state index contributed by atoms with van der Waals surface area (Å²) in [6, 6.07) is 8.17. The van der Waals surface area contributed by atoms with E-state index in [1.54, 1.807) is 7.05 Å². The van der Waals surface area contributed by atoms with E-state index in [-0.39, 0.29) is 30.1 Å². The van der Waals surface area contributed by atoms with E-state index in [4.69, 9.17) is 14.2 Å². The molecule has 27 heavy (non-hydrogen) atoms. The Morgan fingerprint density at radius 1 is 1.33 bits per heavy atom. The minimum absolute atomic E-state index is 0. The molecule has 1 unspecified atom stereocenters. The van der Waals surface area contributed by atoms with Gasteiger partial charge in [0.15, 0.2) is 5.96 Å². The van der Waals surface area contributed by atoms with Crippen molar-refractivity contribution in [2.24, 2.45) is 10.9 Å². The zero-order valence-electron chi connectivity index (χ0n) is 16.7. The van der Waals surface area contributed by atoms with Crippen molar-refractivity contribution in [1.82, 2.24) is 10.6 Å². The highest BCUT2D eigenvalue weighted by Gasteiger charge is 2.15. The number of hydrogen-bond acceptors (Lipinski definition) is 4. The minimum atomic E-state index is 0. The maximum atomic E-state index is 5.78. The Balaban J connectivity index is 0.00000364. The second kappa shape index (κ2) is 14.0. The quantitative estimate of drug-likeness (QED) is 0.228. The maximum Gasteiger partial charge on any atom is 0.191 e. The van der Waals surface area contributed by atoms with E-state index >= 15 is 0 Å². The first kappa shape index (κ1) is 24.0. The Labute approximate surface area is 180 Å². The van der Waals surface area contributed by atoms with Crippen molar-refractivity contribution in [3.63, 3.8) is 0 Å². The number of rotatable bonds is 10. The van der Waals surface area contributed by atoms with Crippen LogP contribution >= 0.6 is 24.0 Å². The van der Waals surface area contributed by atoms with E-state index in [1.807, 2.05) is 12.1 Å². The zero-order valence-corrected chi connectivity index (χ0v) is 19.0. The number of ether oxygens (including phenoxy) is 3. The third kappa shape index (κ3) is 10.2. The van der Waals surface area contributed by atoms with Gasteiger partial charge in [0.25, 0.3) is 0 Å². The molecule has 1 heterocycles. The minimum Gasteiger partial charge on any atom is -0.493 e. The van der Waals surface area contributed by atoms with E-state index in [0.29, 0.717) is 12.5 Å². The Bertz CT molecular complexity index is 549. The molecule has 2 N–H and O–H groups in total. The number of benzene rings is 1. The molecule has 1 fully saturated rings. The van der Waals surface area contributed by atoms with Gasteiger partial charge < -0.3 is 24.8 Å². The van der Waals surface area contributed by atoms with Crippen LogP contribution in [0.5, 0.6) is 5.75 Å². The molecule has 1 aliphatic heterocycles. The van der Waals surface area contributed by atoms with Crippen LogP contribution in [0.4, 0.5) is 0 Å². The summed E-state index contributed by atoms with van der Waals surface area (Å²) in [5.41, 5.74) is 1.17. The van der Waals surface area contributed by atoms with E-state index in [2.05, 4.69) is 41.6 Å². The topological polar surface area (TPSA) is 64.1 Å². The number of aliphatic imine (C=N–C) groups is 1. The molecule has 0 saturated carbocycles. The van der Waals surface area contributed by atoms with Crippen LogP contribution in [0.3, 0.4) is 0 Å². The van der Waals surface area contributed by atoms with E-state index in [1.165, 1.54) is 5.56 Å². The molecule has 7 heteroatoms. The number of nitrogens with one attached hydrogen (secondary N) is 2. The van der Waals surface area contributed by atoms with Gasteiger partial charge in [-0.15, -0.1) is 24.0 Å². The van der Waals surface area contributed by atoms with Gasteiger partial charge in [-0.05, 0) is 36.5 Å². The fourth-order valence-corrected chi connectivity index (χ4v) is 2.59. The second-order valence-electron chi connectivity index (χ2n) is 6.91. The lowest BCUT2D eigenvalue weighted by Gasteiger charge is -2.14. The Morgan fingerprint density at radius 2 is 2.19 bits per heavy atom. The van der Waals surface area contributed by atoms with Crippen LogP contribution in [-0.2, 0) is 16.0 Å². The summed E-state index contributed by atoms with van der Waals surface area (Å²) >= 11 is 0. The van der Waals surface area contributed by atoms with Gasteiger partial charge in [0.1, 0.15) is 5.75 Å². The summed E-state index contributed by atoms with van der Waals surface area (Å²) in [7, 11) is 1.78. The average Bonchev–Trinajstić information content (AvgIpc) is 3.16. The van der Waals surface area contributed by atoms with Gasteiger partial charge >= 0.3 is 0 Å². The largest absolute Gasteiger partial charge is 0.493 e. The molecule has 0 amide bonds. The van der Waals surface area contributed by atoms with Crippen molar-refractivity contribution in [2.75, 3.05) is 40.0 Å². The standard InChI is InChI=1S/C20H33N3O3.HI/c1-16(2)14-26-18-7-4-6-17(12-18)13-23-20(21-3)22-9-5-10-25-19-8-11-24-15-19;/h4,6-7,12,16,19H,5,8-11,13-15H2,1-3H3,(H2,21,22,23);1H. The predicted octanol–water partition coefficient (Wildman–Crippen LogP) is 3.20. The van der Waals surface area contributed by atoms with Gasteiger partial charge in [-0.25, -0.2) is 0 Å². The highest BCUT2D eigenvalue weighted by molar-refractivity contribution is 14.0. The zero-order chi connectivity index (χ0) is 18.6. The van der Waals surface area contributed by atoms with Crippen molar-refractivity contribution in [2.45, 2.75) is 39.3 Å². The molecule has 0 aromatic heterocycles. The van der Waals surface area contributed by atoms with E-state index < -0.39 is 0 Å². The lowest BCUT2D eigenvalue weighted by Crippen LogP contribution is -2.37. The number of halogens is 1.